The molecule has 3 rings (SSSR count). The summed E-state index contributed by atoms with van der Waals surface area (Å²) in [6.07, 6.45) is 4.01. The molecule has 0 bridgehead atoms. The zero-order valence-corrected chi connectivity index (χ0v) is 12.7. The van der Waals surface area contributed by atoms with Crippen molar-refractivity contribution in [2.75, 3.05) is 30.4 Å². The van der Waals surface area contributed by atoms with Gasteiger partial charge in [0, 0.05) is 31.3 Å². The summed E-state index contributed by atoms with van der Waals surface area (Å²) in [6, 6.07) is 3.10. The Labute approximate surface area is 133 Å². The van der Waals surface area contributed by atoms with E-state index in [9.17, 15) is 9.18 Å². The summed E-state index contributed by atoms with van der Waals surface area (Å²) in [7, 11) is 1.65. The van der Waals surface area contributed by atoms with Gasteiger partial charge in [0.05, 0.1) is 24.7 Å². The summed E-state index contributed by atoms with van der Waals surface area (Å²) in [6.45, 7) is 0.317. The first-order valence-corrected chi connectivity index (χ1v) is 7.36. The standard InChI is InChI=1S/C16H17FN4O2/c1-21-14-7-12(17)11(6-10(14)2-3-16(21)23)13-8-18-9-15(20-13)19-4-5-22/h6-9,22H,2-5H2,1H3,(H,19,20). The Morgan fingerprint density at radius 3 is 2.96 bits per heavy atom. The van der Waals surface area contributed by atoms with Gasteiger partial charge >= 0.3 is 0 Å². The molecule has 0 atom stereocenters. The number of aromatic nitrogens is 2. The van der Waals surface area contributed by atoms with Crippen molar-refractivity contribution in [2.45, 2.75) is 12.8 Å². The fraction of sp³-hybridized carbons (Fsp3) is 0.312. The summed E-state index contributed by atoms with van der Waals surface area (Å²) in [5.74, 6) is 0.0134. The van der Waals surface area contributed by atoms with Crippen LogP contribution >= 0.6 is 0 Å². The zero-order valence-electron chi connectivity index (χ0n) is 12.7. The zero-order chi connectivity index (χ0) is 16.4. The number of aliphatic hydroxyl groups excluding tert-OH is 1. The molecular formula is C16H17FN4O2. The van der Waals surface area contributed by atoms with E-state index in [4.69, 9.17) is 5.11 Å². The molecule has 2 N–H and O–H groups in total. The first kappa shape index (κ1) is 15.4. The van der Waals surface area contributed by atoms with E-state index in [1.165, 1.54) is 23.4 Å². The van der Waals surface area contributed by atoms with E-state index in [0.717, 1.165) is 5.56 Å². The number of carbonyl (C=O) groups excluding carboxylic acids is 1. The van der Waals surface area contributed by atoms with Gasteiger partial charge in [0.15, 0.2) is 0 Å². The molecule has 7 heteroatoms. The second-order valence-corrected chi connectivity index (χ2v) is 5.35. The van der Waals surface area contributed by atoms with Crippen molar-refractivity contribution in [1.82, 2.24) is 9.97 Å². The highest BCUT2D eigenvalue weighted by Crippen LogP contribution is 2.33. The lowest BCUT2D eigenvalue weighted by Gasteiger charge is -2.26. The van der Waals surface area contributed by atoms with Crippen LogP contribution in [-0.4, -0.2) is 41.2 Å². The largest absolute Gasteiger partial charge is 0.395 e. The normalized spacial score (nSPS) is 13.9. The van der Waals surface area contributed by atoms with Gasteiger partial charge in [0.25, 0.3) is 0 Å². The summed E-state index contributed by atoms with van der Waals surface area (Å²) < 4.78 is 14.5. The van der Waals surface area contributed by atoms with Crippen molar-refractivity contribution in [1.29, 1.82) is 0 Å². The fourth-order valence-electron chi connectivity index (χ4n) is 2.62. The Morgan fingerprint density at radius 2 is 2.17 bits per heavy atom. The molecule has 0 aliphatic carbocycles. The van der Waals surface area contributed by atoms with Gasteiger partial charge in [0.2, 0.25) is 5.91 Å². The molecule has 1 amide bonds. The number of hydrogen-bond acceptors (Lipinski definition) is 5. The van der Waals surface area contributed by atoms with E-state index >= 15 is 0 Å². The van der Waals surface area contributed by atoms with Crippen molar-refractivity contribution >= 4 is 17.4 Å². The van der Waals surface area contributed by atoms with Crippen LogP contribution in [0.4, 0.5) is 15.9 Å². The van der Waals surface area contributed by atoms with Gasteiger partial charge in [-0.2, -0.15) is 0 Å². The molecule has 1 aliphatic heterocycles. The van der Waals surface area contributed by atoms with E-state index in [0.29, 0.717) is 42.1 Å². The number of anilines is 2. The van der Waals surface area contributed by atoms with Crippen LogP contribution in [0.25, 0.3) is 11.3 Å². The molecule has 23 heavy (non-hydrogen) atoms. The van der Waals surface area contributed by atoms with Crippen LogP contribution in [0.2, 0.25) is 0 Å². The first-order valence-electron chi connectivity index (χ1n) is 7.36. The SMILES string of the molecule is CN1C(=O)CCc2cc(-c3cncc(NCCO)n3)c(F)cc21. The summed E-state index contributed by atoms with van der Waals surface area (Å²) in [5, 5.41) is 11.7. The van der Waals surface area contributed by atoms with Crippen LogP contribution in [0.3, 0.4) is 0 Å². The minimum Gasteiger partial charge on any atom is -0.395 e. The summed E-state index contributed by atoms with van der Waals surface area (Å²) in [5.41, 5.74) is 2.28. The van der Waals surface area contributed by atoms with E-state index in [1.54, 1.807) is 13.1 Å². The molecular weight excluding hydrogens is 299 g/mol. The number of halogens is 1. The molecule has 0 fully saturated rings. The van der Waals surface area contributed by atoms with Crippen molar-refractivity contribution in [3.05, 3.63) is 35.9 Å². The quantitative estimate of drug-likeness (QED) is 0.896. The van der Waals surface area contributed by atoms with Gasteiger partial charge in [-0.15, -0.1) is 0 Å². The monoisotopic (exact) mass is 316 g/mol. The Kier molecular flexibility index (Phi) is 4.20. The number of rotatable bonds is 4. The highest BCUT2D eigenvalue weighted by Gasteiger charge is 2.23. The number of benzene rings is 1. The predicted molar refractivity (Wildman–Crippen MR) is 84.7 cm³/mol. The van der Waals surface area contributed by atoms with Gasteiger partial charge in [0.1, 0.15) is 11.6 Å². The van der Waals surface area contributed by atoms with Crippen LogP contribution in [-0.2, 0) is 11.2 Å². The molecule has 2 aromatic rings. The summed E-state index contributed by atoms with van der Waals surface area (Å²) >= 11 is 0. The molecule has 1 aromatic carbocycles. The average molecular weight is 316 g/mol. The topological polar surface area (TPSA) is 78.4 Å². The molecule has 0 radical (unpaired) electrons. The number of aliphatic hydroxyl groups is 1. The molecule has 1 aliphatic rings. The van der Waals surface area contributed by atoms with Crippen molar-refractivity contribution in [3.63, 3.8) is 0 Å². The minimum atomic E-state index is -0.445. The molecule has 1 aromatic heterocycles. The fourth-order valence-corrected chi connectivity index (χ4v) is 2.62. The summed E-state index contributed by atoms with van der Waals surface area (Å²) in [4.78, 5) is 21.6. The number of nitrogens with one attached hydrogen (secondary N) is 1. The Morgan fingerprint density at radius 1 is 1.35 bits per heavy atom. The smallest absolute Gasteiger partial charge is 0.227 e. The average Bonchev–Trinajstić information content (AvgIpc) is 2.57. The van der Waals surface area contributed by atoms with Crippen LogP contribution < -0.4 is 10.2 Å². The van der Waals surface area contributed by atoms with E-state index in [2.05, 4.69) is 15.3 Å². The van der Waals surface area contributed by atoms with E-state index < -0.39 is 5.82 Å². The maximum atomic E-state index is 14.5. The number of aryl methyl sites for hydroxylation is 1. The molecule has 6 nitrogen and oxygen atoms in total. The molecule has 120 valence electrons. The minimum absolute atomic E-state index is 0.0142. The Balaban J connectivity index is 1.99. The number of amides is 1. The van der Waals surface area contributed by atoms with Gasteiger partial charge in [-0.1, -0.05) is 0 Å². The highest BCUT2D eigenvalue weighted by atomic mass is 19.1. The Hall–Kier alpha value is -2.54. The van der Waals surface area contributed by atoms with Crippen LogP contribution in [0, 0.1) is 5.82 Å². The lowest BCUT2D eigenvalue weighted by molar-refractivity contribution is -0.118. The maximum Gasteiger partial charge on any atom is 0.227 e. The van der Waals surface area contributed by atoms with Crippen molar-refractivity contribution in [2.24, 2.45) is 0 Å². The molecule has 0 saturated heterocycles. The lowest BCUT2D eigenvalue weighted by atomic mass is 9.97. The maximum absolute atomic E-state index is 14.5. The lowest BCUT2D eigenvalue weighted by Crippen LogP contribution is -2.31. The van der Waals surface area contributed by atoms with E-state index in [1.807, 2.05) is 0 Å². The number of nitrogens with zero attached hydrogens (tertiary/aromatic N) is 3. The second-order valence-electron chi connectivity index (χ2n) is 5.35. The molecule has 0 saturated carbocycles. The van der Waals surface area contributed by atoms with Crippen LogP contribution in [0.1, 0.15) is 12.0 Å². The number of carbonyl (C=O) groups is 1. The third-order valence-corrected chi connectivity index (χ3v) is 3.84. The number of hydrogen-bond donors (Lipinski definition) is 2. The van der Waals surface area contributed by atoms with Gasteiger partial charge in [-0.05, 0) is 24.1 Å². The van der Waals surface area contributed by atoms with Crippen LogP contribution in [0.15, 0.2) is 24.5 Å². The predicted octanol–water partition coefficient (Wildman–Crippen LogP) is 1.60. The van der Waals surface area contributed by atoms with Gasteiger partial charge in [-0.25, -0.2) is 9.37 Å². The highest BCUT2D eigenvalue weighted by molar-refractivity contribution is 5.96. The third kappa shape index (κ3) is 3.00. The first-order chi connectivity index (χ1) is 11.1. The second kappa shape index (κ2) is 6.29. The molecule has 0 spiro atoms. The Bertz CT molecular complexity index is 751. The van der Waals surface area contributed by atoms with E-state index in [-0.39, 0.29) is 12.5 Å². The molecule has 2 heterocycles. The van der Waals surface area contributed by atoms with Gasteiger partial charge < -0.3 is 15.3 Å². The van der Waals surface area contributed by atoms with Crippen molar-refractivity contribution in [3.8, 4) is 11.3 Å². The van der Waals surface area contributed by atoms with Gasteiger partial charge in [-0.3, -0.25) is 9.78 Å². The van der Waals surface area contributed by atoms with Crippen LogP contribution in [0.5, 0.6) is 0 Å². The third-order valence-electron chi connectivity index (χ3n) is 3.84. The van der Waals surface area contributed by atoms with Crippen molar-refractivity contribution < 1.29 is 14.3 Å². The number of fused-ring (bicyclic) bond motifs is 1. The molecule has 0 unspecified atom stereocenters.